The largest absolute Gasteiger partial charge is 0.478 e. The fourth-order valence-corrected chi connectivity index (χ4v) is 2.19. The van der Waals surface area contributed by atoms with Crippen LogP contribution >= 0.6 is 35.0 Å². The highest BCUT2D eigenvalue weighted by Gasteiger charge is 2.08. The van der Waals surface area contributed by atoms with Gasteiger partial charge in [-0.1, -0.05) is 29.3 Å². The molecule has 0 aromatic heterocycles. The van der Waals surface area contributed by atoms with E-state index in [0.29, 0.717) is 16.3 Å². The molecule has 0 saturated heterocycles. The van der Waals surface area contributed by atoms with Gasteiger partial charge in [-0.05, 0) is 24.6 Å². The van der Waals surface area contributed by atoms with Crippen LogP contribution in [0, 0.1) is 6.92 Å². The summed E-state index contributed by atoms with van der Waals surface area (Å²) in [5.74, 6) is -0.383. The second-order valence-electron chi connectivity index (χ2n) is 3.13. The van der Waals surface area contributed by atoms with Crippen molar-refractivity contribution in [1.29, 1.82) is 0 Å². The van der Waals surface area contributed by atoms with Gasteiger partial charge in [0, 0.05) is 21.2 Å². The molecular formula is C11H10Cl2O2S. The van der Waals surface area contributed by atoms with Gasteiger partial charge in [-0.25, -0.2) is 4.79 Å². The molecule has 0 amide bonds. The Labute approximate surface area is 108 Å². The smallest absolute Gasteiger partial charge is 0.335 e. The summed E-state index contributed by atoms with van der Waals surface area (Å²) in [4.78, 5) is 11.8. The van der Waals surface area contributed by atoms with Crippen molar-refractivity contribution < 1.29 is 9.90 Å². The Kier molecular flexibility index (Phi) is 5.19. The Balaban J connectivity index is 2.83. The predicted octanol–water partition coefficient (Wildman–Crippen LogP) is 4.10. The summed E-state index contributed by atoms with van der Waals surface area (Å²) in [6.07, 6.45) is 0. The molecule has 0 radical (unpaired) electrons. The van der Waals surface area contributed by atoms with E-state index in [4.69, 9.17) is 28.3 Å². The van der Waals surface area contributed by atoms with Crippen molar-refractivity contribution in [3.63, 3.8) is 0 Å². The fraction of sp³-hybridized carbons (Fsp3) is 0.182. The number of halogens is 2. The van der Waals surface area contributed by atoms with Gasteiger partial charge in [-0.3, -0.25) is 0 Å². The number of thioether (sulfide) groups is 1. The van der Waals surface area contributed by atoms with Crippen molar-refractivity contribution >= 4 is 40.9 Å². The highest BCUT2D eigenvalue weighted by Crippen LogP contribution is 2.24. The molecule has 1 aromatic rings. The first-order chi connectivity index (χ1) is 7.54. The average molecular weight is 277 g/mol. The Bertz CT molecular complexity index is 430. The second-order valence-corrected chi connectivity index (χ2v) is 4.88. The maximum absolute atomic E-state index is 10.9. The third-order valence-electron chi connectivity index (χ3n) is 1.93. The van der Waals surface area contributed by atoms with Crippen LogP contribution in [0.15, 0.2) is 33.7 Å². The molecule has 0 bridgehead atoms. The number of aromatic carboxylic acids is 1. The van der Waals surface area contributed by atoms with Crippen LogP contribution in [0.5, 0.6) is 0 Å². The molecule has 0 heterocycles. The molecule has 0 aliphatic carbocycles. The number of benzene rings is 1. The molecule has 0 saturated carbocycles. The first-order valence-corrected chi connectivity index (χ1v) is 6.26. The molecule has 0 aliphatic heterocycles. The summed E-state index contributed by atoms with van der Waals surface area (Å²) in [6, 6.07) is 5.29. The van der Waals surface area contributed by atoms with Crippen LogP contribution in [0.25, 0.3) is 0 Å². The minimum atomic E-state index is -0.918. The molecule has 0 aliphatic rings. The standard InChI is InChI=1S/C11H10Cl2O2S/c1-7-2-3-9(4-10(7)11(14)15)16-6-8(13)5-12/h2-5H,6H2,1H3,(H,14,15)/b8-5-. The van der Waals surface area contributed by atoms with Crippen molar-refractivity contribution in [2.75, 3.05) is 5.75 Å². The minimum absolute atomic E-state index is 0.316. The summed E-state index contributed by atoms with van der Waals surface area (Å²) in [5, 5.41) is 9.48. The van der Waals surface area contributed by atoms with Crippen molar-refractivity contribution in [2.24, 2.45) is 0 Å². The van der Waals surface area contributed by atoms with Gasteiger partial charge >= 0.3 is 5.97 Å². The van der Waals surface area contributed by atoms with E-state index in [2.05, 4.69) is 0 Å². The molecular weight excluding hydrogens is 267 g/mol. The number of hydrogen-bond acceptors (Lipinski definition) is 2. The van der Waals surface area contributed by atoms with Crippen LogP contribution in [-0.4, -0.2) is 16.8 Å². The van der Waals surface area contributed by atoms with Gasteiger partial charge in [0.25, 0.3) is 0 Å². The minimum Gasteiger partial charge on any atom is -0.478 e. The molecule has 1 N–H and O–H groups in total. The monoisotopic (exact) mass is 276 g/mol. The van der Waals surface area contributed by atoms with Crippen molar-refractivity contribution in [3.05, 3.63) is 39.9 Å². The maximum atomic E-state index is 10.9. The van der Waals surface area contributed by atoms with E-state index in [9.17, 15) is 4.79 Å². The molecule has 1 aromatic carbocycles. The highest BCUT2D eigenvalue weighted by molar-refractivity contribution is 7.99. The Hall–Kier alpha value is -0.640. The van der Waals surface area contributed by atoms with Crippen LogP contribution in [0.1, 0.15) is 15.9 Å². The quantitative estimate of drug-likeness (QED) is 0.842. The van der Waals surface area contributed by atoms with Gasteiger partial charge in [0.15, 0.2) is 0 Å². The lowest BCUT2D eigenvalue weighted by molar-refractivity contribution is 0.0696. The van der Waals surface area contributed by atoms with Gasteiger partial charge < -0.3 is 5.11 Å². The molecule has 16 heavy (non-hydrogen) atoms. The van der Waals surface area contributed by atoms with Crippen LogP contribution in [0.4, 0.5) is 0 Å². The first-order valence-electron chi connectivity index (χ1n) is 4.46. The van der Waals surface area contributed by atoms with Crippen molar-refractivity contribution in [1.82, 2.24) is 0 Å². The van der Waals surface area contributed by atoms with Crippen LogP contribution in [-0.2, 0) is 0 Å². The predicted molar refractivity (Wildman–Crippen MR) is 68.7 cm³/mol. The number of rotatable bonds is 4. The van der Waals surface area contributed by atoms with E-state index in [0.717, 1.165) is 10.5 Å². The van der Waals surface area contributed by atoms with Gasteiger partial charge in [-0.2, -0.15) is 0 Å². The van der Waals surface area contributed by atoms with Crippen molar-refractivity contribution in [3.8, 4) is 0 Å². The SMILES string of the molecule is Cc1ccc(SC/C(Cl)=C/Cl)cc1C(=O)O. The summed E-state index contributed by atoms with van der Waals surface area (Å²) >= 11 is 12.6. The zero-order valence-corrected chi connectivity index (χ0v) is 10.9. The van der Waals surface area contributed by atoms with E-state index in [1.54, 1.807) is 19.1 Å². The average Bonchev–Trinajstić information content (AvgIpc) is 2.27. The van der Waals surface area contributed by atoms with E-state index in [1.165, 1.54) is 17.3 Å². The van der Waals surface area contributed by atoms with Crippen LogP contribution in [0.3, 0.4) is 0 Å². The number of aryl methyl sites for hydroxylation is 1. The van der Waals surface area contributed by atoms with Gasteiger partial charge in [-0.15, -0.1) is 11.8 Å². The van der Waals surface area contributed by atoms with E-state index in [-0.39, 0.29) is 0 Å². The number of carboxylic acid groups (broad SMARTS) is 1. The van der Waals surface area contributed by atoms with Crippen LogP contribution in [0.2, 0.25) is 0 Å². The molecule has 86 valence electrons. The third-order valence-corrected chi connectivity index (χ3v) is 3.75. The Morgan fingerprint density at radius 2 is 2.25 bits per heavy atom. The molecule has 0 fully saturated rings. The molecule has 0 spiro atoms. The first kappa shape index (κ1) is 13.4. The Morgan fingerprint density at radius 3 is 2.81 bits per heavy atom. The van der Waals surface area contributed by atoms with Crippen LogP contribution < -0.4 is 0 Å². The summed E-state index contributed by atoms with van der Waals surface area (Å²) < 4.78 is 0. The topological polar surface area (TPSA) is 37.3 Å². The summed E-state index contributed by atoms with van der Waals surface area (Å²) in [5.41, 5.74) is 2.37. The second kappa shape index (κ2) is 6.18. The maximum Gasteiger partial charge on any atom is 0.335 e. The number of hydrogen-bond donors (Lipinski definition) is 1. The molecule has 2 nitrogen and oxygen atoms in total. The van der Waals surface area contributed by atoms with E-state index < -0.39 is 5.97 Å². The zero-order chi connectivity index (χ0) is 12.1. The molecule has 5 heteroatoms. The van der Waals surface area contributed by atoms with Gasteiger partial charge in [0.05, 0.1) is 5.56 Å². The number of carbonyl (C=O) groups is 1. The van der Waals surface area contributed by atoms with Gasteiger partial charge in [0.1, 0.15) is 0 Å². The lowest BCUT2D eigenvalue weighted by Crippen LogP contribution is -1.99. The summed E-state index contributed by atoms with van der Waals surface area (Å²) in [7, 11) is 0. The van der Waals surface area contributed by atoms with E-state index in [1.807, 2.05) is 6.07 Å². The molecule has 0 unspecified atom stereocenters. The number of carboxylic acids is 1. The highest BCUT2D eigenvalue weighted by atomic mass is 35.5. The van der Waals surface area contributed by atoms with Crippen molar-refractivity contribution in [2.45, 2.75) is 11.8 Å². The Morgan fingerprint density at radius 1 is 1.56 bits per heavy atom. The van der Waals surface area contributed by atoms with Gasteiger partial charge in [0.2, 0.25) is 0 Å². The zero-order valence-electron chi connectivity index (χ0n) is 8.54. The molecule has 0 atom stereocenters. The lowest BCUT2D eigenvalue weighted by Gasteiger charge is -2.04. The summed E-state index contributed by atoms with van der Waals surface area (Å²) in [6.45, 7) is 1.77. The molecule has 1 rings (SSSR count). The normalized spacial score (nSPS) is 11.6. The lowest BCUT2D eigenvalue weighted by atomic mass is 10.1. The fourth-order valence-electron chi connectivity index (χ4n) is 1.11. The third kappa shape index (κ3) is 3.74. The van der Waals surface area contributed by atoms with E-state index >= 15 is 0 Å².